The molecule has 2 nitrogen and oxygen atoms in total. The molecule has 0 bridgehead atoms. The van der Waals surface area contributed by atoms with Crippen LogP contribution >= 0.6 is 12.4 Å². The number of nitrogens with zero attached hydrogens (tertiary/aromatic N) is 1. The fourth-order valence-electron chi connectivity index (χ4n) is 2.77. The minimum Gasteiger partial charge on any atom is -0.371 e. The molecule has 2 heterocycles. The van der Waals surface area contributed by atoms with Gasteiger partial charge in [0.25, 0.3) is 0 Å². The fraction of sp³-hybridized carbons (Fsp3) is 0.571. The van der Waals surface area contributed by atoms with Crippen molar-refractivity contribution < 1.29 is 4.39 Å². The molecule has 0 aliphatic carbocycles. The SMILES string of the molecule is Cl.FC1CCN(c2ccc3c(c2)CCNC3)CC1. The number of alkyl halides is 1. The lowest BCUT2D eigenvalue weighted by molar-refractivity contribution is 0.277. The molecule has 2 aliphatic heterocycles. The van der Waals surface area contributed by atoms with E-state index in [-0.39, 0.29) is 12.4 Å². The predicted octanol–water partition coefficient (Wildman–Crippen LogP) is 2.69. The highest BCUT2D eigenvalue weighted by atomic mass is 35.5. The summed E-state index contributed by atoms with van der Waals surface area (Å²) in [5, 5.41) is 3.38. The van der Waals surface area contributed by atoms with E-state index in [9.17, 15) is 4.39 Å². The summed E-state index contributed by atoms with van der Waals surface area (Å²) in [4.78, 5) is 2.32. The maximum atomic E-state index is 13.1. The second-order valence-electron chi connectivity index (χ2n) is 5.04. The number of fused-ring (bicyclic) bond motifs is 1. The van der Waals surface area contributed by atoms with Crippen molar-refractivity contribution in [3.05, 3.63) is 29.3 Å². The second-order valence-corrected chi connectivity index (χ2v) is 5.04. The van der Waals surface area contributed by atoms with E-state index in [4.69, 9.17) is 0 Å². The Hall–Kier alpha value is -0.800. The standard InChI is InChI=1S/C14H19FN2.ClH/c15-13-4-7-17(8-5-13)14-2-1-12-10-16-6-3-11(12)9-14;/h1-2,9,13,16H,3-8,10H2;1H. The van der Waals surface area contributed by atoms with Gasteiger partial charge >= 0.3 is 0 Å². The molecule has 0 spiro atoms. The summed E-state index contributed by atoms with van der Waals surface area (Å²) < 4.78 is 13.1. The molecule has 4 heteroatoms. The van der Waals surface area contributed by atoms with Gasteiger partial charge < -0.3 is 10.2 Å². The van der Waals surface area contributed by atoms with Gasteiger partial charge in [-0.25, -0.2) is 4.39 Å². The molecule has 0 unspecified atom stereocenters. The number of nitrogens with one attached hydrogen (secondary N) is 1. The second kappa shape index (κ2) is 5.89. The van der Waals surface area contributed by atoms with Crippen LogP contribution in [0.5, 0.6) is 0 Å². The van der Waals surface area contributed by atoms with Gasteiger partial charge in [-0.15, -0.1) is 12.4 Å². The van der Waals surface area contributed by atoms with Gasteiger partial charge in [0.05, 0.1) is 0 Å². The minimum absolute atomic E-state index is 0. The van der Waals surface area contributed by atoms with Crippen LogP contribution in [0.15, 0.2) is 18.2 Å². The summed E-state index contributed by atoms with van der Waals surface area (Å²) in [6.07, 6.45) is 1.88. The lowest BCUT2D eigenvalue weighted by atomic mass is 9.99. The van der Waals surface area contributed by atoms with Crippen LogP contribution in [0.4, 0.5) is 10.1 Å². The molecule has 1 aromatic carbocycles. The molecule has 1 saturated heterocycles. The molecule has 0 amide bonds. The number of rotatable bonds is 1. The summed E-state index contributed by atoms with van der Waals surface area (Å²) in [7, 11) is 0. The van der Waals surface area contributed by atoms with E-state index in [0.717, 1.165) is 32.6 Å². The Kier molecular flexibility index (Phi) is 4.46. The smallest absolute Gasteiger partial charge is 0.103 e. The Morgan fingerprint density at radius 3 is 2.72 bits per heavy atom. The largest absolute Gasteiger partial charge is 0.371 e. The topological polar surface area (TPSA) is 15.3 Å². The maximum Gasteiger partial charge on any atom is 0.103 e. The van der Waals surface area contributed by atoms with Crippen molar-refractivity contribution in [3.8, 4) is 0 Å². The molecular formula is C14H20ClFN2. The molecule has 0 radical (unpaired) electrons. The van der Waals surface area contributed by atoms with Crippen LogP contribution in [-0.4, -0.2) is 25.8 Å². The number of piperidine rings is 1. The Balaban J connectivity index is 0.00000120. The Morgan fingerprint density at radius 2 is 1.94 bits per heavy atom. The molecule has 0 atom stereocenters. The number of anilines is 1. The first-order valence-corrected chi connectivity index (χ1v) is 6.54. The highest BCUT2D eigenvalue weighted by Crippen LogP contribution is 2.25. The molecule has 3 rings (SSSR count). The van der Waals surface area contributed by atoms with Crippen molar-refractivity contribution in [2.45, 2.75) is 32.0 Å². The summed E-state index contributed by atoms with van der Waals surface area (Å²) >= 11 is 0. The van der Waals surface area contributed by atoms with Gasteiger partial charge in [-0.3, -0.25) is 0 Å². The van der Waals surface area contributed by atoms with E-state index in [1.54, 1.807) is 0 Å². The normalized spacial score (nSPS) is 20.2. The van der Waals surface area contributed by atoms with Crippen molar-refractivity contribution in [2.75, 3.05) is 24.5 Å². The van der Waals surface area contributed by atoms with E-state index >= 15 is 0 Å². The summed E-state index contributed by atoms with van der Waals surface area (Å²) in [6.45, 7) is 3.78. The van der Waals surface area contributed by atoms with Gasteiger partial charge in [0.15, 0.2) is 0 Å². The van der Waals surface area contributed by atoms with Crippen LogP contribution in [-0.2, 0) is 13.0 Å². The number of hydrogen-bond donors (Lipinski definition) is 1. The molecule has 100 valence electrons. The third-order valence-electron chi connectivity index (χ3n) is 3.87. The molecule has 1 N–H and O–H groups in total. The first-order chi connectivity index (χ1) is 8.33. The quantitative estimate of drug-likeness (QED) is 0.844. The molecule has 2 aliphatic rings. The van der Waals surface area contributed by atoms with Gasteiger partial charge in [0.1, 0.15) is 6.17 Å². The van der Waals surface area contributed by atoms with Gasteiger partial charge in [-0.05, 0) is 49.1 Å². The van der Waals surface area contributed by atoms with E-state index in [2.05, 4.69) is 28.4 Å². The number of benzene rings is 1. The van der Waals surface area contributed by atoms with Gasteiger partial charge in [-0.1, -0.05) is 6.07 Å². The van der Waals surface area contributed by atoms with Crippen molar-refractivity contribution in [1.82, 2.24) is 5.32 Å². The minimum atomic E-state index is -0.590. The third kappa shape index (κ3) is 2.78. The van der Waals surface area contributed by atoms with Crippen molar-refractivity contribution in [3.63, 3.8) is 0 Å². The molecule has 0 aromatic heterocycles. The first-order valence-electron chi connectivity index (χ1n) is 6.54. The average molecular weight is 271 g/mol. The summed E-state index contributed by atoms with van der Waals surface area (Å²) in [6, 6.07) is 6.71. The Labute approximate surface area is 114 Å². The number of hydrogen-bond acceptors (Lipinski definition) is 2. The van der Waals surface area contributed by atoms with Crippen LogP contribution in [0, 0.1) is 0 Å². The van der Waals surface area contributed by atoms with Gasteiger partial charge in [-0.2, -0.15) is 0 Å². The maximum absolute atomic E-state index is 13.1. The highest BCUT2D eigenvalue weighted by molar-refractivity contribution is 5.85. The highest BCUT2D eigenvalue weighted by Gasteiger charge is 2.19. The predicted molar refractivity (Wildman–Crippen MR) is 75.4 cm³/mol. The van der Waals surface area contributed by atoms with Crippen LogP contribution in [0.3, 0.4) is 0 Å². The summed E-state index contributed by atoms with van der Waals surface area (Å²) in [5.74, 6) is 0. The van der Waals surface area contributed by atoms with Crippen LogP contribution in [0.1, 0.15) is 24.0 Å². The summed E-state index contributed by atoms with van der Waals surface area (Å²) in [5.41, 5.74) is 4.15. The zero-order chi connectivity index (χ0) is 11.7. The molecular weight excluding hydrogens is 251 g/mol. The molecule has 0 saturated carbocycles. The molecule has 1 fully saturated rings. The average Bonchev–Trinajstić information content (AvgIpc) is 2.39. The van der Waals surface area contributed by atoms with E-state index in [1.807, 2.05) is 0 Å². The van der Waals surface area contributed by atoms with Crippen LogP contribution in [0.25, 0.3) is 0 Å². The van der Waals surface area contributed by atoms with Crippen molar-refractivity contribution in [1.29, 1.82) is 0 Å². The lowest BCUT2D eigenvalue weighted by Crippen LogP contribution is -2.34. The van der Waals surface area contributed by atoms with Crippen LogP contribution < -0.4 is 10.2 Å². The van der Waals surface area contributed by atoms with Crippen molar-refractivity contribution in [2.24, 2.45) is 0 Å². The monoisotopic (exact) mass is 270 g/mol. The Bertz CT molecular complexity index is 403. The fourth-order valence-corrected chi connectivity index (χ4v) is 2.77. The third-order valence-corrected chi connectivity index (χ3v) is 3.87. The van der Waals surface area contributed by atoms with E-state index in [1.165, 1.54) is 16.8 Å². The van der Waals surface area contributed by atoms with Crippen molar-refractivity contribution >= 4 is 18.1 Å². The zero-order valence-corrected chi connectivity index (χ0v) is 11.3. The van der Waals surface area contributed by atoms with E-state index < -0.39 is 6.17 Å². The lowest BCUT2D eigenvalue weighted by Gasteiger charge is -2.31. The van der Waals surface area contributed by atoms with Gasteiger partial charge in [0, 0.05) is 25.3 Å². The van der Waals surface area contributed by atoms with Crippen LogP contribution in [0.2, 0.25) is 0 Å². The zero-order valence-electron chi connectivity index (χ0n) is 10.5. The Morgan fingerprint density at radius 1 is 1.17 bits per heavy atom. The molecule has 1 aromatic rings. The number of halogens is 2. The van der Waals surface area contributed by atoms with Gasteiger partial charge in [0.2, 0.25) is 0 Å². The van der Waals surface area contributed by atoms with E-state index in [0.29, 0.717) is 12.8 Å². The molecule has 18 heavy (non-hydrogen) atoms. The first kappa shape index (κ1) is 13.6.